The van der Waals surface area contributed by atoms with Crippen LogP contribution in [0.4, 0.5) is 0 Å². The molecule has 0 radical (unpaired) electrons. The molecule has 2 fully saturated rings. The van der Waals surface area contributed by atoms with Crippen LogP contribution in [0.15, 0.2) is 0 Å². The van der Waals surface area contributed by atoms with Gasteiger partial charge in [-0.3, -0.25) is 9.59 Å². The first-order valence-corrected chi connectivity index (χ1v) is 8.88. The van der Waals surface area contributed by atoms with Crippen molar-refractivity contribution in [2.24, 2.45) is 5.92 Å². The van der Waals surface area contributed by atoms with Gasteiger partial charge >= 0.3 is 5.97 Å². The minimum atomic E-state index is -3.37. The van der Waals surface area contributed by atoms with Gasteiger partial charge in [-0.05, 0) is 25.7 Å². The number of hydrogen-bond acceptors (Lipinski definition) is 4. The Hall–Kier alpha value is -1.11. The molecule has 2 aliphatic rings. The quantitative estimate of drug-likeness (QED) is 0.800. The lowest BCUT2D eigenvalue weighted by molar-refractivity contribution is -0.144. The number of carbonyl (C=O) groups is 2. The smallest absolute Gasteiger partial charge is 0.308 e. The van der Waals surface area contributed by atoms with Crippen molar-refractivity contribution < 1.29 is 23.1 Å². The topological polar surface area (TPSA) is 101 Å². The third-order valence-corrected chi connectivity index (χ3v) is 6.46. The zero-order valence-electron chi connectivity index (χ0n) is 11.4. The Morgan fingerprint density at radius 3 is 2.30 bits per heavy atom. The Balaban J connectivity index is 2.04. The normalized spacial score (nSPS) is 33.3. The molecule has 0 aromatic heterocycles. The van der Waals surface area contributed by atoms with Gasteiger partial charge in [-0.1, -0.05) is 19.3 Å². The number of carboxylic acids is 1. The number of sulfone groups is 1. The van der Waals surface area contributed by atoms with Gasteiger partial charge in [0.1, 0.15) is 5.25 Å². The average Bonchev–Trinajstić information content (AvgIpc) is 2.38. The molecule has 114 valence electrons. The van der Waals surface area contributed by atoms with Gasteiger partial charge in [-0.15, -0.1) is 0 Å². The summed E-state index contributed by atoms with van der Waals surface area (Å²) in [6, 6.07) is -0.439. The third kappa shape index (κ3) is 3.31. The summed E-state index contributed by atoms with van der Waals surface area (Å²) < 4.78 is 23.8. The molecule has 1 heterocycles. The predicted molar refractivity (Wildman–Crippen MR) is 73.0 cm³/mol. The van der Waals surface area contributed by atoms with E-state index in [2.05, 4.69) is 5.32 Å². The van der Waals surface area contributed by atoms with Crippen molar-refractivity contribution in [3.63, 3.8) is 0 Å². The molecule has 1 saturated carbocycles. The molecule has 6 nitrogen and oxygen atoms in total. The van der Waals surface area contributed by atoms with Crippen LogP contribution in [0.1, 0.15) is 44.9 Å². The van der Waals surface area contributed by atoms with Crippen molar-refractivity contribution in [3.05, 3.63) is 0 Å². The van der Waals surface area contributed by atoms with E-state index in [-0.39, 0.29) is 5.75 Å². The molecule has 7 heteroatoms. The summed E-state index contributed by atoms with van der Waals surface area (Å²) >= 11 is 0. The summed E-state index contributed by atoms with van der Waals surface area (Å²) in [4.78, 5) is 23.3. The van der Waals surface area contributed by atoms with E-state index in [9.17, 15) is 18.0 Å². The van der Waals surface area contributed by atoms with E-state index in [4.69, 9.17) is 5.11 Å². The number of carboxylic acid groups (broad SMARTS) is 1. The Bertz CT molecular complexity index is 487. The van der Waals surface area contributed by atoms with Crippen molar-refractivity contribution >= 4 is 21.7 Å². The highest BCUT2D eigenvalue weighted by Crippen LogP contribution is 2.26. The van der Waals surface area contributed by atoms with Crippen LogP contribution in [-0.2, 0) is 19.4 Å². The van der Waals surface area contributed by atoms with Gasteiger partial charge in [0.25, 0.3) is 0 Å². The van der Waals surface area contributed by atoms with Gasteiger partial charge in [0, 0.05) is 6.04 Å². The van der Waals surface area contributed by atoms with Crippen molar-refractivity contribution in [1.82, 2.24) is 5.32 Å². The number of hydrogen-bond donors (Lipinski definition) is 2. The predicted octanol–water partition coefficient (Wildman–Crippen LogP) is 0.713. The average molecular weight is 303 g/mol. The second-order valence-electron chi connectivity index (χ2n) is 5.70. The Morgan fingerprint density at radius 2 is 1.65 bits per heavy atom. The van der Waals surface area contributed by atoms with Crippen LogP contribution in [0.25, 0.3) is 0 Å². The van der Waals surface area contributed by atoms with E-state index >= 15 is 0 Å². The van der Waals surface area contributed by atoms with Crippen molar-refractivity contribution in [1.29, 1.82) is 0 Å². The molecule has 1 aliphatic heterocycles. The van der Waals surface area contributed by atoms with E-state index in [0.717, 1.165) is 19.3 Å². The SMILES string of the molecule is O=C(O)C1CCCCC1NC(=O)C1CCCCS1(=O)=O. The van der Waals surface area contributed by atoms with E-state index < -0.39 is 38.9 Å². The number of rotatable bonds is 3. The Morgan fingerprint density at radius 1 is 1.00 bits per heavy atom. The lowest BCUT2D eigenvalue weighted by Crippen LogP contribution is -2.51. The first-order chi connectivity index (χ1) is 9.42. The lowest BCUT2D eigenvalue weighted by atomic mass is 9.84. The Kier molecular flexibility index (Phi) is 4.67. The molecule has 1 amide bonds. The summed E-state index contributed by atoms with van der Waals surface area (Å²) in [6.45, 7) is 0. The van der Waals surface area contributed by atoms with Gasteiger partial charge in [-0.25, -0.2) is 8.42 Å². The number of aliphatic carboxylic acids is 1. The first-order valence-electron chi connectivity index (χ1n) is 7.16. The number of nitrogens with one attached hydrogen (secondary N) is 1. The molecule has 2 N–H and O–H groups in total. The molecule has 2 rings (SSSR count). The molecule has 3 atom stereocenters. The molecular weight excluding hydrogens is 282 g/mol. The minimum absolute atomic E-state index is 0.0537. The maximum absolute atomic E-state index is 12.2. The summed E-state index contributed by atoms with van der Waals surface area (Å²) in [7, 11) is -3.37. The van der Waals surface area contributed by atoms with Crippen LogP contribution in [0.2, 0.25) is 0 Å². The van der Waals surface area contributed by atoms with Crippen molar-refractivity contribution in [2.45, 2.75) is 56.2 Å². The fourth-order valence-electron chi connectivity index (χ4n) is 3.12. The van der Waals surface area contributed by atoms with Gasteiger partial charge in [-0.2, -0.15) is 0 Å². The highest BCUT2D eigenvalue weighted by Gasteiger charge is 2.38. The van der Waals surface area contributed by atoms with Gasteiger partial charge < -0.3 is 10.4 Å². The van der Waals surface area contributed by atoms with E-state index in [1.807, 2.05) is 0 Å². The summed E-state index contributed by atoms with van der Waals surface area (Å²) in [5, 5.41) is 10.8. The first kappa shape index (κ1) is 15.3. The molecule has 0 aromatic carbocycles. The van der Waals surface area contributed by atoms with Crippen LogP contribution in [0, 0.1) is 5.92 Å². The second kappa shape index (κ2) is 6.11. The highest BCUT2D eigenvalue weighted by molar-refractivity contribution is 7.92. The molecule has 20 heavy (non-hydrogen) atoms. The molecule has 3 unspecified atom stereocenters. The largest absolute Gasteiger partial charge is 0.481 e. The standard InChI is InChI=1S/C13H21NO5S/c15-12(11-7-3-4-8-20(11,18)19)14-10-6-2-1-5-9(10)13(16)17/h9-11H,1-8H2,(H,14,15)(H,16,17). The maximum atomic E-state index is 12.2. The summed E-state index contributed by atoms with van der Waals surface area (Å²) in [6.07, 6.45) is 4.53. The monoisotopic (exact) mass is 303 g/mol. The van der Waals surface area contributed by atoms with Gasteiger partial charge in [0.15, 0.2) is 9.84 Å². The summed E-state index contributed by atoms with van der Waals surface area (Å²) in [5.74, 6) is -1.97. The number of carbonyl (C=O) groups excluding carboxylic acids is 1. The van der Waals surface area contributed by atoms with Crippen molar-refractivity contribution in [2.75, 3.05) is 5.75 Å². The third-order valence-electron chi connectivity index (χ3n) is 4.28. The molecule has 1 saturated heterocycles. The maximum Gasteiger partial charge on any atom is 0.308 e. The van der Waals surface area contributed by atoms with E-state index in [1.54, 1.807) is 0 Å². The van der Waals surface area contributed by atoms with Crippen LogP contribution in [0.3, 0.4) is 0 Å². The molecular formula is C13H21NO5S. The minimum Gasteiger partial charge on any atom is -0.481 e. The highest BCUT2D eigenvalue weighted by atomic mass is 32.2. The Labute approximate surface area is 118 Å². The lowest BCUT2D eigenvalue weighted by Gasteiger charge is -2.31. The number of amides is 1. The van der Waals surface area contributed by atoms with Crippen LogP contribution < -0.4 is 5.32 Å². The molecule has 0 bridgehead atoms. The fourth-order valence-corrected chi connectivity index (χ4v) is 4.93. The molecule has 1 aliphatic carbocycles. The molecule has 0 aromatic rings. The summed E-state index contributed by atoms with van der Waals surface area (Å²) in [5.41, 5.74) is 0. The van der Waals surface area contributed by atoms with Crippen LogP contribution in [0.5, 0.6) is 0 Å². The zero-order valence-corrected chi connectivity index (χ0v) is 12.2. The van der Waals surface area contributed by atoms with Crippen molar-refractivity contribution in [3.8, 4) is 0 Å². The van der Waals surface area contributed by atoms with Gasteiger partial charge in [0.05, 0.1) is 11.7 Å². The van der Waals surface area contributed by atoms with Crippen LogP contribution in [-0.4, -0.2) is 42.4 Å². The molecule has 0 spiro atoms. The van der Waals surface area contributed by atoms with Gasteiger partial charge in [0.2, 0.25) is 5.91 Å². The van der Waals surface area contributed by atoms with E-state index in [0.29, 0.717) is 25.7 Å². The van der Waals surface area contributed by atoms with E-state index in [1.165, 1.54) is 0 Å². The zero-order chi connectivity index (χ0) is 14.8. The van der Waals surface area contributed by atoms with Crippen LogP contribution >= 0.6 is 0 Å². The second-order valence-corrected chi connectivity index (χ2v) is 8.00. The fraction of sp³-hybridized carbons (Fsp3) is 0.846.